The molecule has 4 saturated carbocycles. The van der Waals surface area contributed by atoms with Gasteiger partial charge in [0.05, 0.1) is 6.07 Å². The summed E-state index contributed by atoms with van der Waals surface area (Å²) < 4.78 is 0. The van der Waals surface area contributed by atoms with Gasteiger partial charge in [0.1, 0.15) is 6.04 Å². The molecular weight excluding hydrogens is 212 g/mol. The van der Waals surface area contributed by atoms with Crippen molar-refractivity contribution in [2.45, 2.75) is 57.0 Å². The minimum atomic E-state index is -0.274. The molecule has 1 amide bonds. The van der Waals surface area contributed by atoms with Gasteiger partial charge in [-0.25, -0.2) is 0 Å². The average Bonchev–Trinajstić information content (AvgIpc) is 2.27. The van der Waals surface area contributed by atoms with E-state index in [1.54, 1.807) is 0 Å². The normalized spacial score (nSPS) is 44.1. The summed E-state index contributed by atoms with van der Waals surface area (Å²) >= 11 is 0. The van der Waals surface area contributed by atoms with E-state index in [0.29, 0.717) is 0 Å². The number of rotatable bonds is 3. The maximum atomic E-state index is 11.4. The number of hydrogen-bond acceptors (Lipinski definition) is 2. The van der Waals surface area contributed by atoms with Crippen LogP contribution < -0.4 is 0 Å². The molecule has 92 valence electrons. The molecule has 0 aromatic rings. The summed E-state index contributed by atoms with van der Waals surface area (Å²) in [5.74, 6) is 2.44. The van der Waals surface area contributed by atoms with Crippen molar-refractivity contribution in [2.75, 3.05) is 0 Å². The molecule has 17 heavy (non-hydrogen) atoms. The molecule has 3 heteroatoms. The van der Waals surface area contributed by atoms with Crippen molar-refractivity contribution in [3.8, 4) is 6.07 Å². The molecule has 0 aromatic carbocycles. The molecule has 4 rings (SSSR count). The minimum Gasteiger partial charge on any atom is -0.324 e. The zero-order chi connectivity index (χ0) is 12.0. The molecule has 0 N–H and O–H groups in total. The molecule has 3 nitrogen and oxygen atoms in total. The van der Waals surface area contributed by atoms with Gasteiger partial charge in [0, 0.05) is 5.54 Å². The van der Waals surface area contributed by atoms with E-state index in [1.165, 1.54) is 19.3 Å². The molecule has 0 aromatic heterocycles. The van der Waals surface area contributed by atoms with Crippen LogP contribution in [-0.4, -0.2) is 22.9 Å². The molecule has 0 spiro atoms. The zero-order valence-corrected chi connectivity index (χ0v) is 10.4. The summed E-state index contributed by atoms with van der Waals surface area (Å²) in [6, 6.07) is 1.96. The highest BCUT2D eigenvalue weighted by molar-refractivity contribution is 5.51. The van der Waals surface area contributed by atoms with Gasteiger partial charge in [0.15, 0.2) is 0 Å². The number of carbonyl (C=O) groups is 1. The maximum Gasteiger partial charge on any atom is 0.211 e. The second kappa shape index (κ2) is 3.73. The maximum absolute atomic E-state index is 11.4. The lowest BCUT2D eigenvalue weighted by molar-refractivity contribution is -0.140. The fourth-order valence-corrected chi connectivity index (χ4v) is 5.06. The molecular formula is C14H20N2O. The molecule has 4 bridgehead atoms. The Morgan fingerprint density at radius 3 is 2.06 bits per heavy atom. The van der Waals surface area contributed by atoms with Crippen LogP contribution in [0.5, 0.6) is 0 Å². The van der Waals surface area contributed by atoms with Gasteiger partial charge in [0.25, 0.3) is 0 Å². The van der Waals surface area contributed by atoms with Crippen molar-refractivity contribution in [3.05, 3.63) is 0 Å². The van der Waals surface area contributed by atoms with Crippen molar-refractivity contribution in [1.82, 2.24) is 4.90 Å². The Bertz CT molecular complexity index is 336. The predicted octanol–water partition coefficient (Wildman–Crippen LogP) is 2.33. The summed E-state index contributed by atoms with van der Waals surface area (Å²) in [7, 11) is 0. The fourth-order valence-electron chi connectivity index (χ4n) is 5.06. The first-order chi connectivity index (χ1) is 8.16. The van der Waals surface area contributed by atoms with Crippen LogP contribution in [0.1, 0.15) is 45.4 Å². The highest BCUT2D eigenvalue weighted by Gasteiger charge is 2.54. The van der Waals surface area contributed by atoms with E-state index in [0.717, 1.165) is 43.4 Å². The van der Waals surface area contributed by atoms with Gasteiger partial charge in [-0.3, -0.25) is 4.79 Å². The smallest absolute Gasteiger partial charge is 0.211 e. The third-order valence-corrected chi connectivity index (χ3v) is 5.27. The van der Waals surface area contributed by atoms with Crippen LogP contribution in [0.3, 0.4) is 0 Å². The van der Waals surface area contributed by atoms with E-state index in [1.807, 2.05) is 11.8 Å². The Labute approximate surface area is 103 Å². The van der Waals surface area contributed by atoms with E-state index >= 15 is 0 Å². The van der Waals surface area contributed by atoms with Gasteiger partial charge >= 0.3 is 0 Å². The van der Waals surface area contributed by atoms with Crippen LogP contribution in [0.15, 0.2) is 0 Å². The number of nitrogens with zero attached hydrogens (tertiary/aromatic N) is 2. The second-order valence-electron chi connectivity index (χ2n) is 6.46. The molecule has 4 fully saturated rings. The monoisotopic (exact) mass is 232 g/mol. The largest absolute Gasteiger partial charge is 0.324 e. The number of nitriles is 1. The third kappa shape index (κ3) is 1.57. The molecule has 0 radical (unpaired) electrons. The van der Waals surface area contributed by atoms with Crippen LogP contribution in [0.25, 0.3) is 0 Å². The van der Waals surface area contributed by atoms with Gasteiger partial charge in [-0.1, -0.05) is 0 Å². The van der Waals surface area contributed by atoms with Crippen LogP contribution >= 0.6 is 0 Å². The third-order valence-electron chi connectivity index (χ3n) is 5.27. The Morgan fingerprint density at radius 2 is 1.71 bits per heavy atom. The van der Waals surface area contributed by atoms with Crippen LogP contribution in [-0.2, 0) is 4.79 Å². The van der Waals surface area contributed by atoms with E-state index in [9.17, 15) is 4.79 Å². The van der Waals surface area contributed by atoms with E-state index in [2.05, 4.69) is 6.07 Å². The molecule has 4 aliphatic rings. The SMILES string of the molecule is CC(C#N)N(C=O)C12CC3CC(CC(C3)C1)C2. The second-order valence-corrected chi connectivity index (χ2v) is 6.46. The number of amides is 1. The number of carbonyl (C=O) groups excluding carboxylic acids is 1. The van der Waals surface area contributed by atoms with Crippen LogP contribution in [0.2, 0.25) is 0 Å². The van der Waals surface area contributed by atoms with Gasteiger partial charge < -0.3 is 4.90 Å². The van der Waals surface area contributed by atoms with Crippen molar-refractivity contribution < 1.29 is 4.79 Å². The van der Waals surface area contributed by atoms with Gasteiger partial charge in [-0.15, -0.1) is 0 Å². The summed E-state index contributed by atoms with van der Waals surface area (Å²) in [5, 5.41) is 9.09. The molecule has 1 atom stereocenters. The van der Waals surface area contributed by atoms with Crippen molar-refractivity contribution >= 4 is 6.41 Å². The lowest BCUT2D eigenvalue weighted by Crippen LogP contribution is -2.61. The highest BCUT2D eigenvalue weighted by atomic mass is 16.1. The zero-order valence-electron chi connectivity index (χ0n) is 10.4. The molecule has 0 aliphatic heterocycles. The molecule has 1 unspecified atom stereocenters. The number of hydrogen-bond donors (Lipinski definition) is 0. The Hall–Kier alpha value is -1.04. The molecule has 0 saturated heterocycles. The van der Waals surface area contributed by atoms with Gasteiger partial charge in [-0.05, 0) is 63.2 Å². The Balaban J connectivity index is 1.90. The van der Waals surface area contributed by atoms with Crippen LogP contribution in [0.4, 0.5) is 0 Å². The Morgan fingerprint density at radius 1 is 1.24 bits per heavy atom. The summed E-state index contributed by atoms with van der Waals surface area (Å²) in [4.78, 5) is 13.2. The summed E-state index contributed by atoms with van der Waals surface area (Å²) in [5.41, 5.74) is 0.0334. The van der Waals surface area contributed by atoms with E-state index in [-0.39, 0.29) is 11.6 Å². The average molecular weight is 232 g/mol. The lowest BCUT2D eigenvalue weighted by atomic mass is 9.52. The van der Waals surface area contributed by atoms with E-state index in [4.69, 9.17) is 5.26 Å². The van der Waals surface area contributed by atoms with Gasteiger partial charge in [0.2, 0.25) is 6.41 Å². The molecule has 0 heterocycles. The Kier molecular flexibility index (Phi) is 2.43. The first-order valence-corrected chi connectivity index (χ1v) is 6.80. The standard InChI is InChI=1S/C14H20N2O/c1-10(8-15)16(9-17)14-5-11-2-12(6-14)4-13(3-11)7-14/h9-13H,2-7H2,1H3. The first kappa shape index (κ1) is 11.1. The van der Waals surface area contributed by atoms with Crippen molar-refractivity contribution in [2.24, 2.45) is 17.8 Å². The van der Waals surface area contributed by atoms with E-state index < -0.39 is 0 Å². The van der Waals surface area contributed by atoms with Crippen molar-refractivity contribution in [1.29, 1.82) is 5.26 Å². The first-order valence-electron chi connectivity index (χ1n) is 6.80. The minimum absolute atomic E-state index is 0.0334. The highest BCUT2D eigenvalue weighted by Crippen LogP contribution is 2.57. The van der Waals surface area contributed by atoms with Crippen LogP contribution in [0, 0.1) is 29.1 Å². The quantitative estimate of drug-likeness (QED) is 0.701. The molecule has 4 aliphatic carbocycles. The summed E-state index contributed by atoms with van der Waals surface area (Å²) in [6.07, 6.45) is 8.46. The van der Waals surface area contributed by atoms with Crippen molar-refractivity contribution in [3.63, 3.8) is 0 Å². The van der Waals surface area contributed by atoms with Gasteiger partial charge in [-0.2, -0.15) is 5.26 Å². The summed E-state index contributed by atoms with van der Waals surface area (Å²) in [6.45, 7) is 1.85. The predicted molar refractivity (Wildman–Crippen MR) is 63.9 cm³/mol. The fraction of sp³-hybridized carbons (Fsp3) is 0.857. The lowest BCUT2D eigenvalue weighted by Gasteiger charge is -2.60. The topological polar surface area (TPSA) is 44.1 Å².